The van der Waals surface area contributed by atoms with E-state index in [0.29, 0.717) is 6.54 Å². The zero-order valence-corrected chi connectivity index (χ0v) is 10.7. The predicted octanol–water partition coefficient (Wildman–Crippen LogP) is 1.70. The van der Waals surface area contributed by atoms with Gasteiger partial charge in [-0.25, -0.2) is 9.67 Å². The van der Waals surface area contributed by atoms with Crippen LogP contribution in [0.5, 0.6) is 0 Å². The Balaban J connectivity index is 2.19. The van der Waals surface area contributed by atoms with E-state index in [9.17, 15) is 5.11 Å². The third-order valence-electron chi connectivity index (χ3n) is 2.76. The molecular formula is C13H18N4O. The number of aliphatic hydroxyl groups excluding tert-OH is 1. The Bertz CT molecular complexity index is 493. The van der Waals surface area contributed by atoms with Gasteiger partial charge in [-0.3, -0.25) is 0 Å². The number of nitrogens with zero attached hydrogens (tertiary/aromatic N) is 3. The first kappa shape index (κ1) is 12.6. The van der Waals surface area contributed by atoms with Gasteiger partial charge in [-0.1, -0.05) is 26.0 Å². The maximum absolute atomic E-state index is 9.26. The number of aromatic nitrogens is 3. The van der Waals surface area contributed by atoms with Gasteiger partial charge in [0.05, 0.1) is 11.4 Å². The van der Waals surface area contributed by atoms with Crippen LogP contribution in [0.3, 0.4) is 0 Å². The standard InChI is InChI=1S/C13H18N4O/c1-13(2,8-18)7-15-11-5-3-4-6-12(11)17-10-14-9-16-17/h3-6,9-10,15,18H,7-8H2,1-2H3. The molecule has 0 unspecified atom stereocenters. The highest BCUT2D eigenvalue weighted by molar-refractivity contribution is 5.60. The van der Waals surface area contributed by atoms with Crippen LogP contribution in [0.4, 0.5) is 5.69 Å². The Morgan fingerprint density at radius 2 is 2.11 bits per heavy atom. The zero-order valence-electron chi connectivity index (χ0n) is 10.7. The molecule has 18 heavy (non-hydrogen) atoms. The van der Waals surface area contributed by atoms with Crippen LogP contribution < -0.4 is 5.32 Å². The second-order valence-corrected chi connectivity index (χ2v) is 5.03. The van der Waals surface area contributed by atoms with Gasteiger partial charge in [0.25, 0.3) is 0 Å². The minimum absolute atomic E-state index is 0.144. The largest absolute Gasteiger partial charge is 0.396 e. The third kappa shape index (κ3) is 2.87. The van der Waals surface area contributed by atoms with Crippen LogP contribution >= 0.6 is 0 Å². The molecule has 0 saturated carbocycles. The lowest BCUT2D eigenvalue weighted by atomic mass is 9.95. The molecule has 96 valence electrons. The summed E-state index contributed by atoms with van der Waals surface area (Å²) in [6.07, 6.45) is 3.17. The number of para-hydroxylation sites is 2. The summed E-state index contributed by atoms with van der Waals surface area (Å²) in [5, 5.41) is 16.7. The van der Waals surface area contributed by atoms with Gasteiger partial charge in [-0.15, -0.1) is 0 Å². The summed E-state index contributed by atoms with van der Waals surface area (Å²) in [6, 6.07) is 7.89. The summed E-state index contributed by atoms with van der Waals surface area (Å²) in [6.45, 7) is 4.86. The van der Waals surface area contributed by atoms with Crippen LogP contribution in [0.2, 0.25) is 0 Å². The number of aliphatic hydroxyl groups is 1. The van der Waals surface area contributed by atoms with Gasteiger partial charge in [0.2, 0.25) is 0 Å². The first-order valence-corrected chi connectivity index (χ1v) is 5.91. The van der Waals surface area contributed by atoms with E-state index in [1.165, 1.54) is 6.33 Å². The zero-order chi connectivity index (χ0) is 13.0. The van der Waals surface area contributed by atoms with Crippen molar-refractivity contribution in [3.05, 3.63) is 36.9 Å². The minimum atomic E-state index is -0.157. The Hall–Kier alpha value is -1.88. The van der Waals surface area contributed by atoms with Crippen molar-refractivity contribution in [1.29, 1.82) is 0 Å². The molecule has 0 bridgehead atoms. The van der Waals surface area contributed by atoms with Gasteiger partial charge >= 0.3 is 0 Å². The monoisotopic (exact) mass is 246 g/mol. The average Bonchev–Trinajstić information content (AvgIpc) is 2.91. The van der Waals surface area contributed by atoms with Crippen LogP contribution in [0.25, 0.3) is 5.69 Å². The minimum Gasteiger partial charge on any atom is -0.396 e. The van der Waals surface area contributed by atoms with Crippen molar-refractivity contribution in [2.24, 2.45) is 5.41 Å². The van der Waals surface area contributed by atoms with Crippen molar-refractivity contribution < 1.29 is 5.11 Å². The summed E-state index contributed by atoms with van der Waals surface area (Å²) >= 11 is 0. The van der Waals surface area contributed by atoms with Gasteiger partial charge < -0.3 is 10.4 Å². The number of anilines is 1. The molecule has 0 atom stereocenters. The highest BCUT2D eigenvalue weighted by Crippen LogP contribution is 2.21. The molecule has 1 heterocycles. The lowest BCUT2D eigenvalue weighted by Crippen LogP contribution is -2.27. The maximum Gasteiger partial charge on any atom is 0.138 e. The predicted molar refractivity (Wildman–Crippen MR) is 70.7 cm³/mol. The smallest absolute Gasteiger partial charge is 0.138 e. The van der Waals surface area contributed by atoms with E-state index in [1.807, 2.05) is 38.1 Å². The molecule has 0 amide bonds. The van der Waals surface area contributed by atoms with Gasteiger partial charge in [0.1, 0.15) is 12.7 Å². The molecule has 5 heteroatoms. The molecule has 0 radical (unpaired) electrons. The summed E-state index contributed by atoms with van der Waals surface area (Å²) < 4.78 is 1.72. The van der Waals surface area contributed by atoms with Crippen LogP contribution in [0.1, 0.15) is 13.8 Å². The molecule has 0 fully saturated rings. The van der Waals surface area contributed by atoms with E-state index in [1.54, 1.807) is 11.0 Å². The van der Waals surface area contributed by atoms with Crippen LogP contribution in [-0.2, 0) is 0 Å². The molecule has 2 N–H and O–H groups in total. The summed E-state index contributed by atoms with van der Waals surface area (Å²) in [5.74, 6) is 0. The Labute approximate surface area is 106 Å². The summed E-state index contributed by atoms with van der Waals surface area (Å²) in [4.78, 5) is 3.95. The van der Waals surface area contributed by atoms with Crippen molar-refractivity contribution in [1.82, 2.24) is 14.8 Å². The van der Waals surface area contributed by atoms with E-state index < -0.39 is 0 Å². The van der Waals surface area contributed by atoms with E-state index in [4.69, 9.17) is 0 Å². The molecule has 0 aliphatic heterocycles. The topological polar surface area (TPSA) is 63.0 Å². The van der Waals surface area contributed by atoms with E-state index in [-0.39, 0.29) is 12.0 Å². The maximum atomic E-state index is 9.26. The van der Waals surface area contributed by atoms with Crippen molar-refractivity contribution in [3.63, 3.8) is 0 Å². The quantitative estimate of drug-likeness (QED) is 0.843. The average molecular weight is 246 g/mol. The van der Waals surface area contributed by atoms with E-state index in [0.717, 1.165) is 11.4 Å². The lowest BCUT2D eigenvalue weighted by Gasteiger charge is -2.23. The molecule has 5 nitrogen and oxygen atoms in total. The SMILES string of the molecule is CC(C)(CO)CNc1ccccc1-n1cncn1. The number of benzene rings is 1. The fourth-order valence-electron chi connectivity index (χ4n) is 1.55. The van der Waals surface area contributed by atoms with Crippen LogP contribution in [0, 0.1) is 5.41 Å². The molecular weight excluding hydrogens is 228 g/mol. The number of hydrogen-bond acceptors (Lipinski definition) is 4. The normalized spacial score (nSPS) is 11.5. The lowest BCUT2D eigenvalue weighted by molar-refractivity contribution is 0.171. The molecule has 2 rings (SSSR count). The number of rotatable bonds is 5. The molecule has 0 aliphatic carbocycles. The van der Waals surface area contributed by atoms with Crippen molar-refractivity contribution in [2.75, 3.05) is 18.5 Å². The van der Waals surface area contributed by atoms with E-state index in [2.05, 4.69) is 15.4 Å². The van der Waals surface area contributed by atoms with Gasteiger partial charge in [-0.2, -0.15) is 5.10 Å². The molecule has 1 aromatic heterocycles. The van der Waals surface area contributed by atoms with Gasteiger partial charge in [0.15, 0.2) is 0 Å². The second-order valence-electron chi connectivity index (χ2n) is 5.03. The Morgan fingerprint density at radius 1 is 1.33 bits per heavy atom. The van der Waals surface area contributed by atoms with Crippen molar-refractivity contribution >= 4 is 5.69 Å². The van der Waals surface area contributed by atoms with Gasteiger partial charge in [0, 0.05) is 18.6 Å². The number of nitrogens with one attached hydrogen (secondary N) is 1. The molecule has 0 spiro atoms. The highest BCUT2D eigenvalue weighted by atomic mass is 16.3. The molecule has 2 aromatic rings. The molecule has 0 aliphatic rings. The highest BCUT2D eigenvalue weighted by Gasteiger charge is 2.16. The van der Waals surface area contributed by atoms with Gasteiger partial charge in [-0.05, 0) is 12.1 Å². The first-order valence-electron chi connectivity index (χ1n) is 5.91. The Kier molecular flexibility index (Phi) is 3.62. The summed E-state index contributed by atoms with van der Waals surface area (Å²) in [7, 11) is 0. The third-order valence-corrected chi connectivity index (χ3v) is 2.76. The van der Waals surface area contributed by atoms with Crippen LogP contribution in [-0.4, -0.2) is 33.0 Å². The fraction of sp³-hybridized carbons (Fsp3) is 0.385. The van der Waals surface area contributed by atoms with Crippen molar-refractivity contribution in [2.45, 2.75) is 13.8 Å². The van der Waals surface area contributed by atoms with E-state index >= 15 is 0 Å². The summed E-state index contributed by atoms with van der Waals surface area (Å²) in [5.41, 5.74) is 1.77. The number of hydrogen-bond donors (Lipinski definition) is 2. The molecule has 1 aromatic carbocycles. The van der Waals surface area contributed by atoms with Crippen LogP contribution in [0.15, 0.2) is 36.9 Å². The fourth-order valence-corrected chi connectivity index (χ4v) is 1.55. The second kappa shape index (κ2) is 5.18. The first-order chi connectivity index (χ1) is 8.62. The Morgan fingerprint density at radius 3 is 2.78 bits per heavy atom. The van der Waals surface area contributed by atoms with Crippen molar-refractivity contribution in [3.8, 4) is 5.69 Å². The molecule has 0 saturated heterocycles.